The van der Waals surface area contributed by atoms with Crippen LogP contribution in [0.1, 0.15) is 17.5 Å². The number of halogens is 3. The minimum absolute atomic E-state index is 0.113. The molecule has 0 spiro atoms. The average molecular weight is 264 g/mol. The van der Waals surface area contributed by atoms with Crippen molar-refractivity contribution < 1.29 is 13.2 Å². The van der Waals surface area contributed by atoms with Gasteiger partial charge in [-0.1, -0.05) is 24.3 Å². The molecule has 2 atom stereocenters. The molecule has 1 aromatic carbocycles. The molecule has 0 aromatic heterocycles. The number of aliphatic imine (C=N–C) groups is 1. The van der Waals surface area contributed by atoms with E-state index in [0.29, 0.717) is 18.2 Å². The average Bonchev–Trinajstić information content (AvgIpc) is 2.96. The molecule has 2 unspecified atom stereocenters. The van der Waals surface area contributed by atoms with Gasteiger partial charge >= 0.3 is 6.18 Å². The van der Waals surface area contributed by atoms with E-state index in [2.05, 4.69) is 22.0 Å². The van der Waals surface area contributed by atoms with Crippen molar-refractivity contribution in [2.45, 2.75) is 25.2 Å². The van der Waals surface area contributed by atoms with Crippen LogP contribution >= 0.6 is 0 Å². The summed E-state index contributed by atoms with van der Waals surface area (Å²) in [4.78, 5) is 6.45. The van der Waals surface area contributed by atoms with Gasteiger partial charge < -0.3 is 4.90 Å². The van der Waals surface area contributed by atoms with Gasteiger partial charge in [-0.3, -0.25) is 0 Å². The van der Waals surface area contributed by atoms with Gasteiger partial charge in [0.15, 0.2) is 0 Å². The van der Waals surface area contributed by atoms with E-state index < -0.39 is 11.7 Å². The molecule has 1 aliphatic carbocycles. The Balaban J connectivity index is 1.88. The number of nitrogens with zero attached hydrogens (tertiary/aromatic N) is 2. The number of fused-ring (bicyclic) bond motifs is 6. The van der Waals surface area contributed by atoms with Crippen molar-refractivity contribution in [2.24, 2.45) is 10.9 Å². The van der Waals surface area contributed by atoms with Crippen LogP contribution in [-0.4, -0.2) is 16.8 Å². The van der Waals surface area contributed by atoms with Crippen molar-refractivity contribution in [3.05, 3.63) is 41.5 Å². The highest BCUT2D eigenvalue weighted by atomic mass is 19.4. The fourth-order valence-electron chi connectivity index (χ4n) is 3.21. The van der Waals surface area contributed by atoms with E-state index in [1.807, 2.05) is 0 Å². The molecule has 0 amide bonds. The van der Waals surface area contributed by atoms with Crippen LogP contribution in [-0.2, 0) is 12.7 Å². The monoisotopic (exact) mass is 264 g/mol. The third-order valence-corrected chi connectivity index (χ3v) is 4.08. The van der Waals surface area contributed by atoms with E-state index in [9.17, 15) is 13.2 Å². The Kier molecular flexibility index (Phi) is 1.99. The molecule has 0 N–H and O–H groups in total. The number of amidine groups is 1. The molecule has 2 aliphatic heterocycles. The van der Waals surface area contributed by atoms with Gasteiger partial charge in [0, 0.05) is 18.5 Å². The van der Waals surface area contributed by atoms with E-state index in [0.717, 1.165) is 18.3 Å². The van der Waals surface area contributed by atoms with Gasteiger partial charge in [-0.15, -0.1) is 0 Å². The topological polar surface area (TPSA) is 15.6 Å². The molecule has 1 saturated heterocycles. The quantitative estimate of drug-likeness (QED) is 0.655. The van der Waals surface area contributed by atoms with E-state index in [1.54, 1.807) is 6.07 Å². The molecule has 2 nitrogen and oxygen atoms in total. The van der Waals surface area contributed by atoms with Crippen LogP contribution in [0.4, 0.5) is 18.9 Å². The largest absolute Gasteiger partial charge is 0.418 e. The minimum atomic E-state index is -4.34. The molecule has 5 heteroatoms. The zero-order valence-corrected chi connectivity index (χ0v) is 9.98. The van der Waals surface area contributed by atoms with Crippen LogP contribution in [0, 0.1) is 5.92 Å². The molecule has 0 saturated carbocycles. The van der Waals surface area contributed by atoms with Gasteiger partial charge in [0.25, 0.3) is 0 Å². The molecule has 19 heavy (non-hydrogen) atoms. The van der Waals surface area contributed by atoms with Gasteiger partial charge in [0.1, 0.15) is 5.84 Å². The number of alkyl halides is 3. The molecule has 3 aliphatic rings. The van der Waals surface area contributed by atoms with Gasteiger partial charge in [-0.25, -0.2) is 4.99 Å². The summed E-state index contributed by atoms with van der Waals surface area (Å²) >= 11 is 0. The van der Waals surface area contributed by atoms with Gasteiger partial charge in [-0.2, -0.15) is 13.2 Å². The van der Waals surface area contributed by atoms with E-state index in [4.69, 9.17) is 0 Å². The first-order valence-corrected chi connectivity index (χ1v) is 6.26. The second-order valence-corrected chi connectivity index (χ2v) is 5.20. The molecule has 2 bridgehead atoms. The fourth-order valence-corrected chi connectivity index (χ4v) is 3.21. The Bertz CT molecular complexity index is 616. The van der Waals surface area contributed by atoms with Crippen LogP contribution in [0.5, 0.6) is 0 Å². The minimum Gasteiger partial charge on any atom is -0.349 e. The first kappa shape index (κ1) is 11.1. The summed E-state index contributed by atoms with van der Waals surface area (Å²) in [6.45, 7) is 0.531. The van der Waals surface area contributed by atoms with Crippen molar-refractivity contribution in [3.8, 4) is 0 Å². The van der Waals surface area contributed by atoms with Gasteiger partial charge in [0.05, 0.1) is 11.3 Å². The lowest BCUT2D eigenvalue weighted by molar-refractivity contribution is -0.137. The standard InChI is InChI=1S/C14H11F3N2/c15-14(16,17)11-3-1-2-9-7-19-10-5-4-8(6-10)13(19)18-12(9)11/h1-5,8,10H,6-7H2. The van der Waals surface area contributed by atoms with E-state index >= 15 is 0 Å². The molecule has 4 rings (SSSR count). The highest BCUT2D eigenvalue weighted by Crippen LogP contribution is 2.45. The Labute approximate surface area is 108 Å². The summed E-state index contributed by atoms with van der Waals surface area (Å²) in [5.74, 6) is 0.996. The first-order valence-electron chi connectivity index (χ1n) is 6.26. The summed E-state index contributed by atoms with van der Waals surface area (Å²) in [6.07, 6.45) is 0.794. The van der Waals surface area contributed by atoms with Crippen molar-refractivity contribution in [2.75, 3.05) is 0 Å². The number of hydrogen-bond donors (Lipinski definition) is 0. The lowest BCUT2D eigenvalue weighted by Gasteiger charge is -2.32. The normalized spacial score (nSPS) is 27.3. The summed E-state index contributed by atoms with van der Waals surface area (Å²) < 4.78 is 39.0. The third kappa shape index (κ3) is 1.47. The Morgan fingerprint density at radius 1 is 1.21 bits per heavy atom. The third-order valence-electron chi connectivity index (χ3n) is 4.08. The Hall–Kier alpha value is -1.78. The van der Waals surface area contributed by atoms with Crippen LogP contribution < -0.4 is 0 Å². The maximum Gasteiger partial charge on any atom is 0.418 e. The highest BCUT2D eigenvalue weighted by molar-refractivity contribution is 5.94. The number of para-hydroxylation sites is 1. The number of benzene rings is 1. The molecular weight excluding hydrogens is 253 g/mol. The van der Waals surface area contributed by atoms with Crippen molar-refractivity contribution >= 4 is 11.5 Å². The van der Waals surface area contributed by atoms with Crippen LogP contribution in [0.15, 0.2) is 35.3 Å². The lowest BCUT2D eigenvalue weighted by Crippen LogP contribution is -2.36. The predicted octanol–water partition coefficient (Wildman–Crippen LogP) is 3.51. The van der Waals surface area contributed by atoms with E-state index in [1.165, 1.54) is 6.07 Å². The molecule has 2 heterocycles. The van der Waals surface area contributed by atoms with Crippen molar-refractivity contribution in [1.29, 1.82) is 0 Å². The molecular formula is C14H11F3N2. The van der Waals surface area contributed by atoms with E-state index in [-0.39, 0.29) is 11.6 Å². The second kappa shape index (κ2) is 3.40. The fraction of sp³-hybridized carbons (Fsp3) is 0.357. The van der Waals surface area contributed by atoms with Crippen LogP contribution in [0.25, 0.3) is 0 Å². The van der Waals surface area contributed by atoms with Crippen LogP contribution in [0.3, 0.4) is 0 Å². The molecule has 98 valence electrons. The second-order valence-electron chi connectivity index (χ2n) is 5.20. The van der Waals surface area contributed by atoms with Crippen molar-refractivity contribution in [3.63, 3.8) is 0 Å². The molecule has 1 aromatic rings. The molecule has 1 fully saturated rings. The Morgan fingerprint density at radius 2 is 2.05 bits per heavy atom. The van der Waals surface area contributed by atoms with Gasteiger partial charge in [0.2, 0.25) is 0 Å². The maximum atomic E-state index is 13.0. The van der Waals surface area contributed by atoms with Gasteiger partial charge in [-0.05, 0) is 18.1 Å². The SMILES string of the molecule is FC(F)(F)c1cccc2c1N=C1C3C=CC(C3)N1C2. The summed E-state index contributed by atoms with van der Waals surface area (Å²) in [7, 11) is 0. The zero-order chi connectivity index (χ0) is 13.2. The maximum absolute atomic E-state index is 13.0. The smallest absolute Gasteiger partial charge is 0.349 e. The highest BCUT2D eigenvalue weighted by Gasteiger charge is 2.43. The molecule has 0 radical (unpaired) electrons. The zero-order valence-electron chi connectivity index (χ0n) is 9.98. The summed E-state index contributed by atoms with van der Waals surface area (Å²) in [6, 6.07) is 4.63. The van der Waals surface area contributed by atoms with Crippen molar-refractivity contribution in [1.82, 2.24) is 4.90 Å². The van der Waals surface area contributed by atoms with Crippen LogP contribution in [0.2, 0.25) is 0 Å². The summed E-state index contributed by atoms with van der Waals surface area (Å²) in [5, 5.41) is 0. The lowest BCUT2D eigenvalue weighted by atomic mass is 10.0. The Morgan fingerprint density at radius 3 is 2.84 bits per heavy atom. The predicted molar refractivity (Wildman–Crippen MR) is 65.1 cm³/mol. The number of hydrogen-bond acceptors (Lipinski definition) is 2. The number of rotatable bonds is 0. The first-order chi connectivity index (χ1) is 9.04. The summed E-state index contributed by atoms with van der Waals surface area (Å²) in [5.41, 5.74) is 0.158.